The van der Waals surface area contributed by atoms with Crippen LogP contribution in [0.25, 0.3) is 11.3 Å². The van der Waals surface area contributed by atoms with Crippen molar-refractivity contribution in [2.75, 3.05) is 0 Å². The smallest absolute Gasteiger partial charge is 0.173 e. The maximum Gasteiger partial charge on any atom is 0.173 e. The molecule has 146 valence electrons. The molecule has 5 nitrogen and oxygen atoms in total. The molecule has 0 bridgehead atoms. The van der Waals surface area contributed by atoms with E-state index in [9.17, 15) is 9.50 Å². The molecule has 0 saturated carbocycles. The van der Waals surface area contributed by atoms with Crippen molar-refractivity contribution in [2.45, 2.75) is 6.61 Å². The molecule has 4 aromatic rings. The lowest BCUT2D eigenvalue weighted by atomic mass is 10.1. The van der Waals surface area contributed by atoms with Crippen molar-refractivity contribution in [1.29, 1.82) is 0 Å². The number of aromatic hydroxyl groups is 1. The Kier molecular flexibility index (Phi) is 5.48. The molecule has 0 aliphatic carbocycles. The molecule has 0 unspecified atom stereocenters. The van der Waals surface area contributed by atoms with Crippen LogP contribution in [0.1, 0.15) is 5.56 Å². The van der Waals surface area contributed by atoms with E-state index in [1.807, 2.05) is 24.3 Å². The second-order valence-corrected chi connectivity index (χ2v) is 7.09. The lowest BCUT2D eigenvalue weighted by Crippen LogP contribution is -1.95. The summed E-state index contributed by atoms with van der Waals surface area (Å²) in [6.45, 7) is 0.263. The molecule has 1 heterocycles. The number of halogens is 2. The van der Waals surface area contributed by atoms with Gasteiger partial charge in [0.15, 0.2) is 5.75 Å². The molecule has 1 aromatic heterocycles. The Morgan fingerprint density at radius 1 is 1.00 bits per heavy atom. The fraction of sp³-hybridized carbons (Fsp3) is 0.0455. The predicted octanol–water partition coefficient (Wildman–Crippen LogP) is 6.06. The SMILES string of the molecule is Oc1cc(OCc2ccc(F)cc2)ccc1-c1[nH]ncc1Oc1ccccc1Br. The Balaban J connectivity index is 1.52. The molecule has 0 radical (unpaired) electrons. The lowest BCUT2D eigenvalue weighted by Gasteiger charge is -2.11. The van der Waals surface area contributed by atoms with Gasteiger partial charge in [0.1, 0.15) is 35.4 Å². The minimum absolute atomic E-state index is 0.0165. The standard InChI is InChI=1S/C22H16BrFN2O3/c23-18-3-1-2-4-20(18)29-21-12-25-26-22(21)17-10-9-16(11-19(17)27)28-13-14-5-7-15(24)8-6-14/h1-12,27H,13H2,(H,25,26). The van der Waals surface area contributed by atoms with Crippen LogP contribution in [-0.4, -0.2) is 15.3 Å². The lowest BCUT2D eigenvalue weighted by molar-refractivity contribution is 0.304. The Hall–Kier alpha value is -3.32. The third-order valence-corrected chi connectivity index (χ3v) is 4.87. The number of nitrogens with zero attached hydrogens (tertiary/aromatic N) is 1. The Bertz CT molecular complexity index is 1130. The van der Waals surface area contributed by atoms with Gasteiger partial charge < -0.3 is 14.6 Å². The molecule has 0 fully saturated rings. The van der Waals surface area contributed by atoms with Crippen molar-refractivity contribution < 1.29 is 19.0 Å². The van der Waals surface area contributed by atoms with E-state index in [0.717, 1.165) is 10.0 Å². The summed E-state index contributed by atoms with van der Waals surface area (Å²) in [4.78, 5) is 0. The molecule has 0 spiro atoms. The summed E-state index contributed by atoms with van der Waals surface area (Å²) in [5.41, 5.74) is 1.90. The average molecular weight is 455 g/mol. The summed E-state index contributed by atoms with van der Waals surface area (Å²) in [5.74, 6) is 1.32. The number of ether oxygens (including phenoxy) is 2. The van der Waals surface area contributed by atoms with E-state index in [0.29, 0.717) is 28.5 Å². The van der Waals surface area contributed by atoms with E-state index < -0.39 is 0 Å². The Morgan fingerprint density at radius 3 is 2.55 bits per heavy atom. The van der Waals surface area contributed by atoms with Crippen LogP contribution in [-0.2, 0) is 6.61 Å². The van der Waals surface area contributed by atoms with Crippen LogP contribution in [0, 0.1) is 5.82 Å². The number of hydrogen-bond acceptors (Lipinski definition) is 4. The van der Waals surface area contributed by atoms with E-state index in [4.69, 9.17) is 9.47 Å². The van der Waals surface area contributed by atoms with Gasteiger partial charge in [-0.15, -0.1) is 0 Å². The molecule has 0 aliphatic heterocycles. The van der Waals surface area contributed by atoms with Crippen LogP contribution >= 0.6 is 15.9 Å². The quantitative estimate of drug-likeness (QED) is 0.371. The number of phenols is 1. The third-order valence-electron chi connectivity index (χ3n) is 4.22. The zero-order chi connectivity index (χ0) is 20.2. The number of para-hydroxylation sites is 1. The molecule has 3 aromatic carbocycles. The summed E-state index contributed by atoms with van der Waals surface area (Å²) in [6, 6.07) is 18.5. The van der Waals surface area contributed by atoms with Gasteiger partial charge in [-0.1, -0.05) is 24.3 Å². The van der Waals surface area contributed by atoms with E-state index in [-0.39, 0.29) is 18.2 Å². The van der Waals surface area contributed by atoms with Crippen LogP contribution in [0.5, 0.6) is 23.0 Å². The maximum absolute atomic E-state index is 13.0. The van der Waals surface area contributed by atoms with Crippen molar-refractivity contribution in [1.82, 2.24) is 10.2 Å². The first-order valence-electron chi connectivity index (χ1n) is 8.76. The van der Waals surface area contributed by atoms with Gasteiger partial charge in [-0.25, -0.2) is 4.39 Å². The van der Waals surface area contributed by atoms with E-state index in [1.165, 1.54) is 18.2 Å². The van der Waals surface area contributed by atoms with Crippen molar-refractivity contribution in [3.8, 4) is 34.3 Å². The van der Waals surface area contributed by atoms with Crippen molar-refractivity contribution >= 4 is 15.9 Å². The monoisotopic (exact) mass is 454 g/mol. The fourth-order valence-electron chi connectivity index (χ4n) is 2.75. The van der Waals surface area contributed by atoms with Gasteiger partial charge in [0.2, 0.25) is 0 Å². The molecule has 29 heavy (non-hydrogen) atoms. The second kappa shape index (κ2) is 8.36. The average Bonchev–Trinajstić information content (AvgIpc) is 3.17. The first-order valence-corrected chi connectivity index (χ1v) is 9.56. The molecular formula is C22H16BrFN2O3. The summed E-state index contributed by atoms with van der Waals surface area (Å²) in [5, 5.41) is 17.4. The molecular weight excluding hydrogens is 439 g/mol. The van der Waals surface area contributed by atoms with E-state index in [1.54, 1.807) is 30.5 Å². The van der Waals surface area contributed by atoms with Crippen LogP contribution in [0.15, 0.2) is 77.4 Å². The number of hydrogen-bond donors (Lipinski definition) is 2. The topological polar surface area (TPSA) is 67.4 Å². The van der Waals surface area contributed by atoms with Crippen molar-refractivity contribution in [2.24, 2.45) is 0 Å². The number of H-pyrrole nitrogens is 1. The highest BCUT2D eigenvalue weighted by Crippen LogP contribution is 2.39. The Labute approximate surface area is 174 Å². The van der Waals surface area contributed by atoms with Gasteiger partial charge in [0.05, 0.1) is 10.7 Å². The molecule has 2 N–H and O–H groups in total. The van der Waals surface area contributed by atoms with Gasteiger partial charge in [-0.2, -0.15) is 5.10 Å². The molecule has 0 aliphatic rings. The predicted molar refractivity (Wildman–Crippen MR) is 111 cm³/mol. The zero-order valence-corrected chi connectivity index (χ0v) is 16.7. The molecule has 0 saturated heterocycles. The van der Waals surface area contributed by atoms with Gasteiger partial charge in [0.25, 0.3) is 0 Å². The summed E-state index contributed by atoms with van der Waals surface area (Å²) in [7, 11) is 0. The minimum Gasteiger partial charge on any atom is -0.507 e. The molecule has 0 atom stereocenters. The van der Waals surface area contributed by atoms with Crippen LogP contribution < -0.4 is 9.47 Å². The number of aromatic amines is 1. The minimum atomic E-state index is -0.295. The second-order valence-electron chi connectivity index (χ2n) is 6.24. The highest BCUT2D eigenvalue weighted by Gasteiger charge is 2.15. The number of phenolic OH excluding ortho intramolecular Hbond substituents is 1. The van der Waals surface area contributed by atoms with Gasteiger partial charge in [-0.05, 0) is 57.9 Å². The van der Waals surface area contributed by atoms with Crippen molar-refractivity contribution in [3.05, 3.63) is 88.8 Å². The maximum atomic E-state index is 13.0. The normalized spacial score (nSPS) is 10.7. The summed E-state index contributed by atoms with van der Waals surface area (Å²) >= 11 is 3.44. The molecule has 4 rings (SSSR count). The number of aromatic nitrogens is 2. The Morgan fingerprint density at radius 2 is 1.79 bits per heavy atom. The first kappa shape index (κ1) is 19.0. The largest absolute Gasteiger partial charge is 0.507 e. The summed E-state index contributed by atoms with van der Waals surface area (Å²) in [6.07, 6.45) is 1.55. The third kappa shape index (κ3) is 4.41. The highest BCUT2D eigenvalue weighted by molar-refractivity contribution is 9.10. The molecule has 7 heteroatoms. The van der Waals surface area contributed by atoms with Crippen LogP contribution in [0.3, 0.4) is 0 Å². The number of benzene rings is 3. The van der Waals surface area contributed by atoms with Gasteiger partial charge in [-0.3, -0.25) is 5.10 Å². The van der Waals surface area contributed by atoms with Gasteiger partial charge >= 0.3 is 0 Å². The van der Waals surface area contributed by atoms with E-state index in [2.05, 4.69) is 26.1 Å². The van der Waals surface area contributed by atoms with Crippen LogP contribution in [0.4, 0.5) is 4.39 Å². The summed E-state index contributed by atoms with van der Waals surface area (Å²) < 4.78 is 25.4. The van der Waals surface area contributed by atoms with Crippen molar-refractivity contribution in [3.63, 3.8) is 0 Å². The van der Waals surface area contributed by atoms with E-state index >= 15 is 0 Å². The zero-order valence-electron chi connectivity index (χ0n) is 15.1. The number of rotatable bonds is 6. The molecule has 0 amide bonds. The fourth-order valence-corrected chi connectivity index (χ4v) is 3.12. The first-order chi connectivity index (χ1) is 14.1. The van der Waals surface area contributed by atoms with Gasteiger partial charge in [0, 0.05) is 11.6 Å². The van der Waals surface area contributed by atoms with Crippen LogP contribution in [0.2, 0.25) is 0 Å². The highest BCUT2D eigenvalue weighted by atomic mass is 79.9. The number of nitrogens with one attached hydrogen (secondary N) is 1.